The fourth-order valence-corrected chi connectivity index (χ4v) is 3.69. The minimum Gasteiger partial charge on any atom is -0.377 e. The Labute approximate surface area is 161 Å². The highest BCUT2D eigenvalue weighted by atomic mass is 79.9. The van der Waals surface area contributed by atoms with E-state index >= 15 is 0 Å². The number of nitrogens with one attached hydrogen (secondary N) is 1. The lowest BCUT2D eigenvalue weighted by molar-refractivity contribution is -0.120. The van der Waals surface area contributed by atoms with Gasteiger partial charge in [0.05, 0.1) is 17.2 Å². The quantitative estimate of drug-likeness (QED) is 0.537. The van der Waals surface area contributed by atoms with Crippen LogP contribution in [0.15, 0.2) is 58.1 Å². The third-order valence-electron chi connectivity index (χ3n) is 3.55. The molecule has 0 bridgehead atoms. The lowest BCUT2D eigenvalue weighted by Gasteiger charge is -2.14. The number of halogens is 1. The number of anilines is 1. The van der Waals surface area contributed by atoms with E-state index in [0.717, 1.165) is 21.5 Å². The monoisotopic (exact) mass is 419 g/mol. The summed E-state index contributed by atoms with van der Waals surface area (Å²) in [6, 6.07) is 16.1. The zero-order chi connectivity index (χ0) is 18.2. The Kier molecular flexibility index (Phi) is 7.52. The molecule has 0 aliphatic carbocycles. The van der Waals surface area contributed by atoms with Crippen LogP contribution in [0.5, 0.6) is 0 Å². The maximum atomic E-state index is 12.1. The van der Waals surface area contributed by atoms with Gasteiger partial charge in [0, 0.05) is 24.3 Å². The molecule has 0 aromatic heterocycles. The van der Waals surface area contributed by atoms with E-state index in [2.05, 4.69) is 38.6 Å². The minimum absolute atomic E-state index is 0.0961. The standard InChI is InChI=1S/C19H22BrN3OS/c1-14(25-13-15-7-5-4-6-8-15)19(24)22-21-12-16-9-10-18(23(2)3)17(20)11-16/h4-12,14H,13H2,1-3H3,(H,22,24)/b21-12-/t14-/m1/s1. The molecule has 4 nitrogen and oxygen atoms in total. The van der Waals surface area contributed by atoms with Crippen LogP contribution in [-0.2, 0) is 10.5 Å². The van der Waals surface area contributed by atoms with Crippen molar-refractivity contribution in [1.82, 2.24) is 5.43 Å². The van der Waals surface area contributed by atoms with E-state index in [9.17, 15) is 4.79 Å². The maximum Gasteiger partial charge on any atom is 0.252 e. The second-order valence-corrected chi connectivity index (χ2v) is 7.96. The van der Waals surface area contributed by atoms with Gasteiger partial charge in [0.2, 0.25) is 0 Å². The van der Waals surface area contributed by atoms with Crippen LogP contribution in [-0.4, -0.2) is 31.5 Å². The number of carbonyl (C=O) groups excluding carboxylic acids is 1. The molecule has 25 heavy (non-hydrogen) atoms. The normalized spacial score (nSPS) is 12.2. The molecule has 0 unspecified atom stereocenters. The number of nitrogens with zero attached hydrogens (tertiary/aromatic N) is 2. The Bertz CT molecular complexity index is 735. The van der Waals surface area contributed by atoms with Gasteiger partial charge in [-0.15, -0.1) is 11.8 Å². The topological polar surface area (TPSA) is 44.7 Å². The molecule has 0 radical (unpaired) electrons. The first-order valence-corrected chi connectivity index (χ1v) is 9.77. The summed E-state index contributed by atoms with van der Waals surface area (Å²) in [7, 11) is 3.98. The molecule has 0 saturated heterocycles. The number of rotatable bonds is 7. The average Bonchev–Trinajstić information content (AvgIpc) is 2.60. The van der Waals surface area contributed by atoms with Gasteiger partial charge in [-0.05, 0) is 46.1 Å². The van der Waals surface area contributed by atoms with Gasteiger partial charge in [-0.1, -0.05) is 36.4 Å². The van der Waals surface area contributed by atoms with Crippen LogP contribution in [0.3, 0.4) is 0 Å². The summed E-state index contributed by atoms with van der Waals surface area (Å²) in [6.07, 6.45) is 1.65. The van der Waals surface area contributed by atoms with Crippen LogP contribution >= 0.6 is 27.7 Å². The Morgan fingerprint density at radius 2 is 2.00 bits per heavy atom. The van der Waals surface area contributed by atoms with E-state index in [1.165, 1.54) is 5.56 Å². The molecule has 0 aliphatic heterocycles. The molecule has 0 fully saturated rings. The van der Waals surface area contributed by atoms with Crippen molar-refractivity contribution in [3.8, 4) is 0 Å². The first-order chi connectivity index (χ1) is 12.0. The van der Waals surface area contributed by atoms with E-state index in [-0.39, 0.29) is 11.2 Å². The van der Waals surface area contributed by atoms with Gasteiger partial charge in [0.15, 0.2) is 0 Å². The summed E-state index contributed by atoms with van der Waals surface area (Å²) in [5.74, 6) is 0.708. The van der Waals surface area contributed by atoms with Gasteiger partial charge in [0.25, 0.3) is 5.91 Å². The van der Waals surface area contributed by atoms with E-state index in [1.807, 2.05) is 62.3 Å². The summed E-state index contributed by atoms with van der Waals surface area (Å²) >= 11 is 5.13. The molecule has 1 amide bonds. The van der Waals surface area contributed by atoms with Crippen molar-refractivity contribution in [3.05, 3.63) is 64.1 Å². The third-order valence-corrected chi connectivity index (χ3v) is 5.40. The molecule has 2 rings (SSSR count). The van der Waals surface area contributed by atoms with Crippen LogP contribution < -0.4 is 10.3 Å². The van der Waals surface area contributed by atoms with Gasteiger partial charge in [-0.2, -0.15) is 5.10 Å². The molecule has 132 valence electrons. The highest BCUT2D eigenvalue weighted by Crippen LogP contribution is 2.25. The number of benzene rings is 2. The van der Waals surface area contributed by atoms with E-state index in [0.29, 0.717) is 0 Å². The molecular formula is C19H22BrN3OS. The van der Waals surface area contributed by atoms with E-state index < -0.39 is 0 Å². The van der Waals surface area contributed by atoms with Crippen molar-refractivity contribution < 1.29 is 4.79 Å². The molecule has 2 aromatic rings. The van der Waals surface area contributed by atoms with Crippen molar-refractivity contribution in [3.63, 3.8) is 0 Å². The zero-order valence-electron chi connectivity index (χ0n) is 14.6. The number of hydrogen-bond acceptors (Lipinski definition) is 4. The van der Waals surface area contributed by atoms with Crippen LogP contribution in [0.4, 0.5) is 5.69 Å². The van der Waals surface area contributed by atoms with Crippen molar-refractivity contribution >= 4 is 45.5 Å². The minimum atomic E-state index is -0.166. The summed E-state index contributed by atoms with van der Waals surface area (Å²) in [4.78, 5) is 14.1. The Morgan fingerprint density at radius 1 is 1.28 bits per heavy atom. The SMILES string of the molecule is C[C@@H](SCc1ccccc1)C(=O)N/N=C\c1ccc(N(C)C)c(Br)c1. The van der Waals surface area contributed by atoms with Gasteiger partial charge in [0.1, 0.15) is 0 Å². The molecule has 1 N–H and O–H groups in total. The molecule has 0 heterocycles. The van der Waals surface area contributed by atoms with Crippen molar-refractivity contribution in [2.24, 2.45) is 5.10 Å². The smallest absolute Gasteiger partial charge is 0.252 e. The third kappa shape index (κ3) is 6.21. The Morgan fingerprint density at radius 3 is 2.64 bits per heavy atom. The van der Waals surface area contributed by atoms with Crippen LogP contribution in [0.25, 0.3) is 0 Å². The van der Waals surface area contributed by atoms with Crippen molar-refractivity contribution in [2.75, 3.05) is 19.0 Å². The van der Waals surface area contributed by atoms with Gasteiger partial charge >= 0.3 is 0 Å². The first-order valence-electron chi connectivity index (χ1n) is 7.92. The molecule has 1 atom stereocenters. The molecular weight excluding hydrogens is 398 g/mol. The Balaban J connectivity index is 1.84. The van der Waals surface area contributed by atoms with Crippen molar-refractivity contribution in [1.29, 1.82) is 0 Å². The summed E-state index contributed by atoms with van der Waals surface area (Å²) < 4.78 is 0.986. The van der Waals surface area contributed by atoms with Crippen LogP contribution in [0, 0.1) is 0 Å². The van der Waals surface area contributed by atoms with Gasteiger partial charge in [-0.25, -0.2) is 5.43 Å². The summed E-state index contributed by atoms with van der Waals surface area (Å²) in [6.45, 7) is 1.89. The Hall–Kier alpha value is -1.79. The zero-order valence-corrected chi connectivity index (χ0v) is 17.0. The number of thioether (sulfide) groups is 1. The van der Waals surface area contributed by atoms with E-state index in [4.69, 9.17) is 0 Å². The van der Waals surface area contributed by atoms with Crippen molar-refractivity contribution in [2.45, 2.75) is 17.9 Å². The van der Waals surface area contributed by atoms with E-state index in [1.54, 1.807) is 18.0 Å². The number of hydrazone groups is 1. The number of amides is 1. The molecule has 6 heteroatoms. The second-order valence-electron chi connectivity index (χ2n) is 5.78. The van der Waals surface area contributed by atoms with Gasteiger partial charge < -0.3 is 4.90 Å². The highest BCUT2D eigenvalue weighted by Gasteiger charge is 2.12. The maximum absolute atomic E-state index is 12.1. The van der Waals surface area contributed by atoms with Crippen LogP contribution in [0.2, 0.25) is 0 Å². The molecule has 0 saturated carbocycles. The van der Waals surface area contributed by atoms with Gasteiger partial charge in [-0.3, -0.25) is 4.79 Å². The molecule has 0 spiro atoms. The summed E-state index contributed by atoms with van der Waals surface area (Å²) in [5.41, 5.74) is 5.83. The highest BCUT2D eigenvalue weighted by molar-refractivity contribution is 9.10. The largest absolute Gasteiger partial charge is 0.377 e. The number of carbonyl (C=O) groups is 1. The second kappa shape index (κ2) is 9.63. The number of hydrogen-bond donors (Lipinski definition) is 1. The van der Waals surface area contributed by atoms with Crippen LogP contribution in [0.1, 0.15) is 18.1 Å². The summed E-state index contributed by atoms with van der Waals surface area (Å²) in [5, 5.41) is 3.89. The lowest BCUT2D eigenvalue weighted by atomic mass is 10.2. The predicted molar refractivity (Wildman–Crippen MR) is 111 cm³/mol. The first kappa shape index (κ1) is 19.5. The molecule has 2 aromatic carbocycles. The fraction of sp³-hybridized carbons (Fsp3) is 0.263. The molecule has 0 aliphatic rings. The lowest BCUT2D eigenvalue weighted by Crippen LogP contribution is -2.27. The average molecular weight is 420 g/mol. The fourth-order valence-electron chi connectivity index (χ4n) is 2.10. The predicted octanol–water partition coefficient (Wildman–Crippen LogP) is 4.29.